The van der Waals surface area contributed by atoms with Gasteiger partial charge in [0.1, 0.15) is 0 Å². The summed E-state index contributed by atoms with van der Waals surface area (Å²) in [6.45, 7) is 3.13. The van der Waals surface area contributed by atoms with Crippen LogP contribution in [0.15, 0.2) is 24.3 Å². The van der Waals surface area contributed by atoms with E-state index in [0.29, 0.717) is 17.9 Å². The molecule has 3 saturated carbocycles. The first-order chi connectivity index (χ1) is 12.5. The molecule has 5 heteroatoms. The van der Waals surface area contributed by atoms with Crippen LogP contribution in [0.1, 0.15) is 49.1 Å². The van der Waals surface area contributed by atoms with Crippen molar-refractivity contribution in [1.82, 2.24) is 10.2 Å². The summed E-state index contributed by atoms with van der Waals surface area (Å²) in [4.78, 5) is 25.7. The van der Waals surface area contributed by atoms with Gasteiger partial charge in [0.2, 0.25) is 5.91 Å². The Kier molecular flexibility index (Phi) is 4.74. The highest BCUT2D eigenvalue weighted by atomic mass is 16.4. The van der Waals surface area contributed by atoms with Gasteiger partial charge in [-0.25, -0.2) is 0 Å². The Morgan fingerprint density at radius 3 is 2.58 bits per heavy atom. The molecular weight excluding hydrogens is 328 g/mol. The molecule has 26 heavy (non-hydrogen) atoms. The molecule has 0 saturated heterocycles. The fourth-order valence-electron chi connectivity index (χ4n) is 4.29. The summed E-state index contributed by atoms with van der Waals surface area (Å²) in [7, 11) is 0. The fraction of sp³-hybridized carbons (Fsp3) is 0.619. The summed E-state index contributed by atoms with van der Waals surface area (Å²) < 4.78 is 0. The van der Waals surface area contributed by atoms with Crippen LogP contribution in [-0.4, -0.2) is 47.1 Å². The number of nitrogens with one attached hydrogen (secondary N) is 1. The normalized spacial score (nSPS) is 29.9. The van der Waals surface area contributed by atoms with Crippen molar-refractivity contribution in [2.24, 2.45) is 11.8 Å². The maximum atomic E-state index is 12.5. The third-order valence-electron chi connectivity index (χ3n) is 6.22. The Bertz CT molecular complexity index is 694. The number of nitrogens with zero attached hydrogens (tertiary/aromatic N) is 1. The quantitative estimate of drug-likeness (QED) is 0.751. The minimum absolute atomic E-state index is 0.108. The molecule has 3 aliphatic rings. The van der Waals surface area contributed by atoms with Crippen LogP contribution < -0.4 is 5.32 Å². The van der Waals surface area contributed by atoms with E-state index in [0.717, 1.165) is 25.8 Å². The summed E-state index contributed by atoms with van der Waals surface area (Å²) in [5.74, 6) is 0.581. The molecule has 4 rings (SSSR count). The molecule has 1 aromatic rings. The third-order valence-corrected chi connectivity index (χ3v) is 6.22. The molecule has 0 bridgehead atoms. The smallest absolute Gasteiger partial charge is 0.317 e. The number of aliphatic carboxylic acids is 1. The zero-order valence-corrected chi connectivity index (χ0v) is 15.4. The number of rotatable bonds is 8. The van der Waals surface area contributed by atoms with Crippen LogP contribution in [0.4, 0.5) is 0 Å². The second-order valence-corrected chi connectivity index (χ2v) is 8.40. The zero-order chi connectivity index (χ0) is 18.3. The molecule has 2 unspecified atom stereocenters. The predicted molar refractivity (Wildman–Crippen MR) is 98.9 cm³/mol. The minimum Gasteiger partial charge on any atom is -0.480 e. The lowest BCUT2D eigenvalue weighted by Crippen LogP contribution is -2.55. The molecule has 2 atom stereocenters. The van der Waals surface area contributed by atoms with Crippen LogP contribution in [0.5, 0.6) is 0 Å². The van der Waals surface area contributed by atoms with Gasteiger partial charge in [0.05, 0.1) is 6.54 Å². The highest BCUT2D eigenvalue weighted by Gasteiger charge is 2.46. The standard InChI is InChI=1S/C21H28N2O3/c1-13-4-2-3-5-17(13)18-10-19(18)21(26)22-15-8-16(9-15)23(12-20(24)25)11-14-6-7-14/h2-5,14-16,18-19H,6-12H2,1H3,(H,22,26)(H,24,25). The first-order valence-electron chi connectivity index (χ1n) is 9.83. The number of carboxylic acid groups (broad SMARTS) is 1. The average Bonchev–Trinajstić information content (AvgIpc) is 3.44. The molecule has 3 fully saturated rings. The summed E-state index contributed by atoms with van der Waals surface area (Å²) in [6, 6.07) is 8.84. The van der Waals surface area contributed by atoms with Gasteiger partial charge in [0.25, 0.3) is 0 Å². The molecule has 1 amide bonds. The van der Waals surface area contributed by atoms with Gasteiger partial charge in [-0.3, -0.25) is 14.5 Å². The zero-order valence-electron chi connectivity index (χ0n) is 15.4. The topological polar surface area (TPSA) is 69.6 Å². The largest absolute Gasteiger partial charge is 0.480 e. The van der Waals surface area contributed by atoms with E-state index in [-0.39, 0.29) is 24.4 Å². The third kappa shape index (κ3) is 3.93. The number of amides is 1. The molecule has 2 N–H and O–H groups in total. The molecule has 0 spiro atoms. The van der Waals surface area contributed by atoms with Crippen molar-refractivity contribution in [2.75, 3.05) is 13.1 Å². The van der Waals surface area contributed by atoms with Crippen molar-refractivity contribution >= 4 is 11.9 Å². The van der Waals surface area contributed by atoms with Gasteiger partial charge in [-0.05, 0) is 62.0 Å². The van der Waals surface area contributed by atoms with Crippen molar-refractivity contribution < 1.29 is 14.7 Å². The highest BCUT2D eigenvalue weighted by Crippen LogP contribution is 2.48. The Balaban J connectivity index is 1.24. The summed E-state index contributed by atoms with van der Waals surface area (Å²) in [5.41, 5.74) is 2.57. The van der Waals surface area contributed by atoms with Crippen LogP contribution in [0.3, 0.4) is 0 Å². The van der Waals surface area contributed by atoms with Gasteiger partial charge in [0, 0.05) is 24.5 Å². The maximum absolute atomic E-state index is 12.5. The van der Waals surface area contributed by atoms with Crippen molar-refractivity contribution in [2.45, 2.75) is 57.0 Å². The van der Waals surface area contributed by atoms with Crippen molar-refractivity contribution in [3.63, 3.8) is 0 Å². The van der Waals surface area contributed by atoms with Crippen molar-refractivity contribution in [3.05, 3.63) is 35.4 Å². The molecule has 0 aliphatic heterocycles. The summed E-state index contributed by atoms with van der Waals surface area (Å²) >= 11 is 0. The van der Waals surface area contributed by atoms with E-state index >= 15 is 0 Å². The second-order valence-electron chi connectivity index (χ2n) is 8.40. The van der Waals surface area contributed by atoms with Crippen LogP contribution >= 0.6 is 0 Å². The van der Waals surface area contributed by atoms with Gasteiger partial charge in [0.15, 0.2) is 0 Å². The number of carbonyl (C=O) groups is 2. The second kappa shape index (κ2) is 7.03. The number of carboxylic acids is 1. The van der Waals surface area contributed by atoms with E-state index in [1.807, 2.05) is 12.1 Å². The van der Waals surface area contributed by atoms with Gasteiger partial charge in [-0.15, -0.1) is 0 Å². The molecule has 5 nitrogen and oxygen atoms in total. The molecule has 0 radical (unpaired) electrons. The fourth-order valence-corrected chi connectivity index (χ4v) is 4.29. The number of benzene rings is 1. The maximum Gasteiger partial charge on any atom is 0.317 e. The predicted octanol–water partition coefficient (Wildman–Crippen LogP) is 2.54. The van der Waals surface area contributed by atoms with Crippen LogP contribution in [0, 0.1) is 18.8 Å². The highest BCUT2D eigenvalue weighted by molar-refractivity contribution is 5.83. The molecule has 0 heterocycles. The van der Waals surface area contributed by atoms with Crippen molar-refractivity contribution in [3.8, 4) is 0 Å². The Morgan fingerprint density at radius 2 is 1.92 bits per heavy atom. The average molecular weight is 356 g/mol. The lowest BCUT2D eigenvalue weighted by atomic mass is 9.85. The summed E-state index contributed by atoms with van der Waals surface area (Å²) in [6.07, 6.45) is 5.16. The van der Waals surface area contributed by atoms with Gasteiger partial charge in [-0.1, -0.05) is 24.3 Å². The lowest BCUT2D eigenvalue weighted by molar-refractivity contribution is -0.140. The Morgan fingerprint density at radius 1 is 1.19 bits per heavy atom. The molecule has 0 aromatic heterocycles. The monoisotopic (exact) mass is 356 g/mol. The van der Waals surface area contributed by atoms with E-state index < -0.39 is 5.97 Å². The van der Waals surface area contributed by atoms with Crippen LogP contribution in [0.2, 0.25) is 0 Å². The van der Waals surface area contributed by atoms with E-state index in [1.54, 1.807) is 0 Å². The Labute approximate surface area is 154 Å². The number of hydrogen-bond donors (Lipinski definition) is 2. The van der Waals surface area contributed by atoms with E-state index in [1.165, 1.54) is 24.0 Å². The van der Waals surface area contributed by atoms with E-state index in [2.05, 4.69) is 29.3 Å². The molecule has 3 aliphatic carbocycles. The first-order valence-corrected chi connectivity index (χ1v) is 9.83. The van der Waals surface area contributed by atoms with Crippen molar-refractivity contribution in [1.29, 1.82) is 0 Å². The number of aryl methyl sites for hydroxylation is 1. The SMILES string of the molecule is Cc1ccccc1C1CC1C(=O)NC1CC(N(CC(=O)O)CC2CC2)C1. The summed E-state index contributed by atoms with van der Waals surface area (Å²) in [5, 5.41) is 12.3. The van der Waals surface area contributed by atoms with E-state index in [4.69, 9.17) is 5.11 Å². The number of carbonyl (C=O) groups excluding carboxylic acids is 1. The molecule has 1 aromatic carbocycles. The number of hydrogen-bond acceptors (Lipinski definition) is 3. The van der Waals surface area contributed by atoms with Gasteiger partial charge in [-0.2, -0.15) is 0 Å². The van der Waals surface area contributed by atoms with Gasteiger partial charge >= 0.3 is 5.97 Å². The Hall–Kier alpha value is -1.88. The van der Waals surface area contributed by atoms with Crippen LogP contribution in [-0.2, 0) is 9.59 Å². The molecule has 140 valence electrons. The minimum atomic E-state index is -0.753. The first kappa shape index (κ1) is 17.5. The molecular formula is C21H28N2O3. The van der Waals surface area contributed by atoms with E-state index in [9.17, 15) is 9.59 Å². The van der Waals surface area contributed by atoms with Gasteiger partial charge < -0.3 is 10.4 Å². The van der Waals surface area contributed by atoms with Crippen LogP contribution in [0.25, 0.3) is 0 Å². The lowest BCUT2D eigenvalue weighted by Gasteiger charge is -2.42.